The largest absolute Gasteiger partial charge is 0.496 e. The molecule has 8 heteroatoms. The fraction of sp³-hybridized carbons (Fsp3) is 0.409. The summed E-state index contributed by atoms with van der Waals surface area (Å²) in [5.41, 5.74) is 2.10. The maximum Gasteiger partial charge on any atom is 0.244 e. The molecule has 0 heterocycles. The van der Waals surface area contributed by atoms with Crippen LogP contribution in [-0.4, -0.2) is 33.7 Å². The fourth-order valence-corrected chi connectivity index (χ4v) is 4.67. The Morgan fingerprint density at radius 1 is 1.13 bits per heavy atom. The molecule has 164 valence electrons. The summed E-state index contributed by atoms with van der Waals surface area (Å²) in [6.07, 6.45) is 1.92. The van der Waals surface area contributed by atoms with E-state index in [1.807, 2.05) is 32.0 Å². The zero-order valence-electron chi connectivity index (χ0n) is 18.0. The van der Waals surface area contributed by atoms with E-state index in [1.165, 1.54) is 24.3 Å². The number of hydrogen-bond acceptors (Lipinski definition) is 4. The first-order valence-electron chi connectivity index (χ1n) is 9.82. The lowest BCUT2D eigenvalue weighted by molar-refractivity contribution is -0.123. The number of halogens is 1. The fourth-order valence-electron chi connectivity index (χ4n) is 3.46. The molecule has 0 aliphatic carbocycles. The van der Waals surface area contributed by atoms with E-state index in [9.17, 15) is 17.6 Å². The number of hydrogen-bond donors (Lipinski definition) is 1. The van der Waals surface area contributed by atoms with Gasteiger partial charge in [-0.15, -0.1) is 0 Å². The Labute approximate surface area is 178 Å². The van der Waals surface area contributed by atoms with Gasteiger partial charge in [-0.3, -0.25) is 9.10 Å². The molecule has 1 amide bonds. The predicted octanol–water partition coefficient (Wildman–Crippen LogP) is 3.95. The van der Waals surface area contributed by atoms with Crippen molar-refractivity contribution in [1.82, 2.24) is 5.32 Å². The zero-order valence-corrected chi connectivity index (χ0v) is 18.8. The van der Waals surface area contributed by atoms with Crippen LogP contribution in [0.1, 0.15) is 43.9 Å². The second-order valence-corrected chi connectivity index (χ2v) is 9.02. The SMILES string of the molecule is CC[C@@H](NC(=O)[C@H](CC)N(c1ccc(F)cc1)S(C)(=O)=O)c1ccc(OC)c(C)c1. The van der Waals surface area contributed by atoms with Crippen LogP contribution in [0, 0.1) is 12.7 Å². The van der Waals surface area contributed by atoms with Gasteiger partial charge in [0.2, 0.25) is 15.9 Å². The highest BCUT2D eigenvalue weighted by molar-refractivity contribution is 7.92. The number of aryl methyl sites for hydroxylation is 1. The van der Waals surface area contributed by atoms with Gasteiger partial charge < -0.3 is 10.1 Å². The molecule has 2 aromatic rings. The number of sulfonamides is 1. The molecule has 2 rings (SSSR count). The minimum absolute atomic E-state index is 0.245. The zero-order chi connectivity index (χ0) is 22.5. The van der Waals surface area contributed by atoms with Crippen molar-refractivity contribution >= 4 is 21.6 Å². The molecule has 1 N–H and O–H groups in total. The van der Waals surface area contributed by atoms with Gasteiger partial charge >= 0.3 is 0 Å². The van der Waals surface area contributed by atoms with Crippen molar-refractivity contribution in [3.05, 3.63) is 59.4 Å². The third-order valence-corrected chi connectivity index (χ3v) is 6.14. The number of amides is 1. The van der Waals surface area contributed by atoms with E-state index < -0.39 is 27.8 Å². The van der Waals surface area contributed by atoms with Gasteiger partial charge in [0.15, 0.2) is 0 Å². The number of ether oxygens (including phenoxy) is 1. The van der Waals surface area contributed by atoms with Gasteiger partial charge in [0, 0.05) is 0 Å². The summed E-state index contributed by atoms with van der Waals surface area (Å²) in [7, 11) is -2.18. The summed E-state index contributed by atoms with van der Waals surface area (Å²) in [5.74, 6) is -0.135. The van der Waals surface area contributed by atoms with Gasteiger partial charge in [0.1, 0.15) is 17.6 Å². The average molecular weight is 437 g/mol. The summed E-state index contributed by atoms with van der Waals surface area (Å²) in [5, 5.41) is 2.97. The van der Waals surface area contributed by atoms with Crippen LogP contribution >= 0.6 is 0 Å². The van der Waals surface area contributed by atoms with E-state index in [1.54, 1.807) is 14.0 Å². The van der Waals surface area contributed by atoms with Crippen LogP contribution in [0.4, 0.5) is 10.1 Å². The summed E-state index contributed by atoms with van der Waals surface area (Å²) in [6.45, 7) is 5.61. The van der Waals surface area contributed by atoms with Crippen molar-refractivity contribution in [2.45, 2.75) is 45.7 Å². The average Bonchev–Trinajstić information content (AvgIpc) is 2.70. The van der Waals surface area contributed by atoms with Gasteiger partial charge in [0.25, 0.3) is 0 Å². The highest BCUT2D eigenvalue weighted by Crippen LogP contribution is 2.26. The van der Waals surface area contributed by atoms with Crippen LogP contribution in [0.3, 0.4) is 0 Å². The van der Waals surface area contributed by atoms with Gasteiger partial charge in [-0.2, -0.15) is 0 Å². The van der Waals surface area contributed by atoms with E-state index >= 15 is 0 Å². The van der Waals surface area contributed by atoms with E-state index in [0.717, 1.165) is 27.4 Å². The maximum atomic E-state index is 13.3. The number of carbonyl (C=O) groups is 1. The molecule has 0 saturated carbocycles. The normalized spacial score (nSPS) is 13.4. The van der Waals surface area contributed by atoms with Crippen molar-refractivity contribution < 1.29 is 22.3 Å². The molecule has 6 nitrogen and oxygen atoms in total. The number of anilines is 1. The van der Waals surface area contributed by atoms with Crippen LogP contribution < -0.4 is 14.4 Å². The van der Waals surface area contributed by atoms with Crippen molar-refractivity contribution in [3.8, 4) is 5.75 Å². The van der Waals surface area contributed by atoms with Crippen LogP contribution in [0.5, 0.6) is 5.75 Å². The molecule has 2 aromatic carbocycles. The molecule has 2 atom stereocenters. The van der Waals surface area contributed by atoms with Crippen LogP contribution in [-0.2, 0) is 14.8 Å². The van der Waals surface area contributed by atoms with E-state index in [4.69, 9.17) is 4.74 Å². The van der Waals surface area contributed by atoms with Gasteiger partial charge in [-0.25, -0.2) is 12.8 Å². The molecular formula is C22H29FN2O4S. The Morgan fingerprint density at radius 3 is 2.23 bits per heavy atom. The summed E-state index contributed by atoms with van der Waals surface area (Å²) < 4.78 is 44.7. The number of methoxy groups -OCH3 is 1. The highest BCUT2D eigenvalue weighted by Gasteiger charge is 2.32. The number of carbonyl (C=O) groups excluding carboxylic acids is 1. The Kier molecular flexibility index (Phi) is 7.83. The quantitative estimate of drug-likeness (QED) is 0.646. The number of nitrogens with one attached hydrogen (secondary N) is 1. The minimum Gasteiger partial charge on any atom is -0.496 e. The number of nitrogens with zero attached hydrogens (tertiary/aromatic N) is 1. The predicted molar refractivity (Wildman–Crippen MR) is 117 cm³/mol. The van der Waals surface area contributed by atoms with Crippen molar-refractivity contribution in [2.24, 2.45) is 0 Å². The van der Waals surface area contributed by atoms with Crippen LogP contribution in [0.15, 0.2) is 42.5 Å². The van der Waals surface area contributed by atoms with Gasteiger partial charge in [0.05, 0.1) is 25.1 Å². The third kappa shape index (κ3) is 5.50. The van der Waals surface area contributed by atoms with E-state index in [-0.39, 0.29) is 18.2 Å². The molecule has 0 unspecified atom stereocenters. The number of rotatable bonds is 9. The van der Waals surface area contributed by atoms with Gasteiger partial charge in [-0.05, 0) is 61.2 Å². The third-order valence-electron chi connectivity index (χ3n) is 4.96. The summed E-state index contributed by atoms with van der Waals surface area (Å²) in [4.78, 5) is 13.1. The maximum absolute atomic E-state index is 13.3. The molecule has 0 fully saturated rings. The first-order chi connectivity index (χ1) is 14.1. The van der Waals surface area contributed by atoms with Gasteiger partial charge in [-0.1, -0.05) is 26.0 Å². The molecule has 0 bridgehead atoms. The van der Waals surface area contributed by atoms with Crippen LogP contribution in [0.2, 0.25) is 0 Å². The standard InChI is InChI=1S/C22H29FN2O4S/c1-6-19(16-8-13-21(29-4)15(3)14-16)24-22(26)20(7-2)25(30(5,27)28)18-11-9-17(23)10-12-18/h8-14,19-20H,6-7H2,1-5H3,(H,24,26)/t19-,20+/m1/s1. The molecule has 0 spiro atoms. The molecule has 0 aromatic heterocycles. The Balaban J connectivity index is 2.34. The smallest absolute Gasteiger partial charge is 0.244 e. The first-order valence-corrected chi connectivity index (χ1v) is 11.7. The lowest BCUT2D eigenvalue weighted by atomic mass is 10.0. The lowest BCUT2D eigenvalue weighted by Crippen LogP contribution is -2.50. The summed E-state index contributed by atoms with van der Waals surface area (Å²) >= 11 is 0. The molecule has 30 heavy (non-hydrogen) atoms. The van der Waals surface area contributed by atoms with E-state index in [0.29, 0.717) is 6.42 Å². The van der Waals surface area contributed by atoms with E-state index in [2.05, 4.69) is 5.32 Å². The number of benzene rings is 2. The Hall–Kier alpha value is -2.61. The Bertz CT molecular complexity index is 977. The molecule has 0 saturated heterocycles. The molecule has 0 radical (unpaired) electrons. The second kappa shape index (κ2) is 9.93. The van der Waals surface area contributed by atoms with Crippen molar-refractivity contribution in [1.29, 1.82) is 0 Å². The Morgan fingerprint density at radius 2 is 1.77 bits per heavy atom. The second-order valence-electron chi connectivity index (χ2n) is 7.16. The lowest BCUT2D eigenvalue weighted by Gasteiger charge is -2.31. The van der Waals surface area contributed by atoms with Crippen molar-refractivity contribution in [3.63, 3.8) is 0 Å². The van der Waals surface area contributed by atoms with Crippen LogP contribution in [0.25, 0.3) is 0 Å². The molecule has 0 aliphatic heterocycles. The topological polar surface area (TPSA) is 75.7 Å². The van der Waals surface area contributed by atoms with Crippen molar-refractivity contribution in [2.75, 3.05) is 17.7 Å². The summed E-state index contributed by atoms with van der Waals surface area (Å²) in [6, 6.07) is 9.49. The molecule has 0 aliphatic rings. The minimum atomic E-state index is -3.78. The highest BCUT2D eigenvalue weighted by atomic mass is 32.2. The molecular weight excluding hydrogens is 407 g/mol. The first kappa shape index (κ1) is 23.7. The monoisotopic (exact) mass is 436 g/mol.